The summed E-state index contributed by atoms with van der Waals surface area (Å²) in [6.45, 7) is 2.13. The lowest BCUT2D eigenvalue weighted by molar-refractivity contribution is 0.717. The zero-order valence-electron chi connectivity index (χ0n) is 6.51. The fraction of sp³-hybridized carbons (Fsp3) is 0.556. The largest absolute Gasteiger partial charge is 0.324 e. The summed E-state index contributed by atoms with van der Waals surface area (Å²) < 4.78 is 0. The minimum atomic E-state index is 0.296. The van der Waals surface area contributed by atoms with Gasteiger partial charge >= 0.3 is 0 Å². The van der Waals surface area contributed by atoms with Gasteiger partial charge in [0, 0.05) is 6.04 Å². The molecule has 1 aliphatic carbocycles. The van der Waals surface area contributed by atoms with Gasteiger partial charge < -0.3 is 5.73 Å². The van der Waals surface area contributed by atoms with Crippen LogP contribution in [0.25, 0.3) is 0 Å². The topological polar surface area (TPSA) is 26.0 Å². The van der Waals surface area contributed by atoms with Crippen molar-refractivity contribution in [3.8, 4) is 0 Å². The van der Waals surface area contributed by atoms with Crippen molar-refractivity contribution in [2.24, 2.45) is 5.73 Å². The number of hydrogen-bond donors (Lipinski definition) is 1. The monoisotopic (exact) mass is 137 g/mol. The van der Waals surface area contributed by atoms with Gasteiger partial charge in [-0.15, -0.1) is 0 Å². The number of hydrogen-bond acceptors (Lipinski definition) is 1. The van der Waals surface area contributed by atoms with Crippen LogP contribution in [0.3, 0.4) is 0 Å². The number of allylic oxidation sites excluding steroid dienone is 3. The van der Waals surface area contributed by atoms with Crippen molar-refractivity contribution in [2.75, 3.05) is 0 Å². The predicted molar refractivity (Wildman–Crippen MR) is 44.7 cm³/mol. The molecule has 2 N–H and O–H groups in total. The standard InChI is InChI=1S/C9H15N/c1-2-9(10)8-6-4-3-5-7-8/h3-4,7,9H,2,5-6,10H2,1H3/t9-/m1/s1. The van der Waals surface area contributed by atoms with E-state index in [1.54, 1.807) is 0 Å². The molecule has 1 rings (SSSR count). The van der Waals surface area contributed by atoms with Crippen LogP contribution in [-0.2, 0) is 0 Å². The SMILES string of the molecule is CC[C@@H](N)C1=CCC=CC1. The first-order valence-corrected chi connectivity index (χ1v) is 3.94. The molecule has 0 radical (unpaired) electrons. The summed E-state index contributed by atoms with van der Waals surface area (Å²) in [5, 5.41) is 0. The van der Waals surface area contributed by atoms with Gasteiger partial charge in [-0.2, -0.15) is 0 Å². The molecule has 10 heavy (non-hydrogen) atoms. The lowest BCUT2D eigenvalue weighted by atomic mass is 9.98. The van der Waals surface area contributed by atoms with Crippen LogP contribution < -0.4 is 5.73 Å². The number of rotatable bonds is 2. The van der Waals surface area contributed by atoms with Gasteiger partial charge in [0.15, 0.2) is 0 Å². The fourth-order valence-electron chi connectivity index (χ4n) is 1.18. The van der Waals surface area contributed by atoms with Gasteiger partial charge in [-0.1, -0.05) is 30.7 Å². The first kappa shape index (κ1) is 7.55. The van der Waals surface area contributed by atoms with E-state index < -0.39 is 0 Å². The Bertz CT molecular complexity index is 156. The van der Waals surface area contributed by atoms with Crippen LogP contribution in [0.5, 0.6) is 0 Å². The zero-order chi connectivity index (χ0) is 7.40. The van der Waals surface area contributed by atoms with Crippen LogP contribution in [0.15, 0.2) is 23.8 Å². The molecule has 0 bridgehead atoms. The second-order valence-electron chi connectivity index (χ2n) is 2.71. The molecule has 0 spiro atoms. The van der Waals surface area contributed by atoms with Gasteiger partial charge in [0.05, 0.1) is 0 Å². The van der Waals surface area contributed by atoms with Crippen LogP contribution in [0.4, 0.5) is 0 Å². The summed E-state index contributed by atoms with van der Waals surface area (Å²) in [4.78, 5) is 0. The average Bonchev–Trinajstić information content (AvgIpc) is 2.05. The van der Waals surface area contributed by atoms with E-state index in [-0.39, 0.29) is 0 Å². The highest BCUT2D eigenvalue weighted by Crippen LogP contribution is 2.14. The van der Waals surface area contributed by atoms with Crippen molar-refractivity contribution in [1.82, 2.24) is 0 Å². The van der Waals surface area contributed by atoms with E-state index >= 15 is 0 Å². The maximum absolute atomic E-state index is 5.85. The van der Waals surface area contributed by atoms with E-state index in [9.17, 15) is 0 Å². The molecule has 0 unspecified atom stereocenters. The van der Waals surface area contributed by atoms with Crippen LogP contribution in [0.1, 0.15) is 26.2 Å². The molecule has 0 saturated carbocycles. The van der Waals surface area contributed by atoms with Gasteiger partial charge in [-0.3, -0.25) is 0 Å². The van der Waals surface area contributed by atoms with Crippen LogP contribution in [0, 0.1) is 0 Å². The van der Waals surface area contributed by atoms with Gasteiger partial charge in [-0.25, -0.2) is 0 Å². The van der Waals surface area contributed by atoms with Crippen LogP contribution >= 0.6 is 0 Å². The van der Waals surface area contributed by atoms with Crippen molar-refractivity contribution in [2.45, 2.75) is 32.2 Å². The van der Waals surface area contributed by atoms with E-state index in [0.717, 1.165) is 19.3 Å². The van der Waals surface area contributed by atoms with Crippen molar-refractivity contribution in [3.05, 3.63) is 23.8 Å². The van der Waals surface area contributed by atoms with Crippen molar-refractivity contribution < 1.29 is 0 Å². The van der Waals surface area contributed by atoms with Gasteiger partial charge in [0.25, 0.3) is 0 Å². The van der Waals surface area contributed by atoms with Crippen LogP contribution in [-0.4, -0.2) is 6.04 Å². The minimum absolute atomic E-state index is 0.296. The summed E-state index contributed by atoms with van der Waals surface area (Å²) in [6, 6.07) is 0.296. The molecular formula is C9H15N. The van der Waals surface area contributed by atoms with Crippen molar-refractivity contribution >= 4 is 0 Å². The van der Waals surface area contributed by atoms with Gasteiger partial charge in [-0.05, 0) is 19.3 Å². The molecule has 0 fully saturated rings. The first-order valence-electron chi connectivity index (χ1n) is 3.94. The Labute approximate surface area is 62.6 Å². The van der Waals surface area contributed by atoms with Crippen LogP contribution in [0.2, 0.25) is 0 Å². The van der Waals surface area contributed by atoms with Crippen molar-refractivity contribution in [1.29, 1.82) is 0 Å². The van der Waals surface area contributed by atoms with E-state index in [2.05, 4.69) is 25.2 Å². The molecule has 1 aliphatic rings. The maximum atomic E-state index is 5.85. The molecule has 0 heterocycles. The van der Waals surface area contributed by atoms with Gasteiger partial charge in [0.2, 0.25) is 0 Å². The lowest BCUT2D eigenvalue weighted by Crippen LogP contribution is -2.21. The quantitative estimate of drug-likeness (QED) is 0.579. The Balaban J connectivity index is 2.47. The molecule has 1 atom stereocenters. The summed E-state index contributed by atoms with van der Waals surface area (Å²) in [5.74, 6) is 0. The highest BCUT2D eigenvalue weighted by molar-refractivity contribution is 5.19. The minimum Gasteiger partial charge on any atom is -0.324 e. The van der Waals surface area contributed by atoms with E-state index in [1.165, 1.54) is 5.57 Å². The Hall–Kier alpha value is -0.560. The first-order chi connectivity index (χ1) is 4.84. The molecule has 0 aromatic rings. The van der Waals surface area contributed by atoms with E-state index in [1.807, 2.05) is 0 Å². The molecule has 0 aromatic heterocycles. The fourth-order valence-corrected chi connectivity index (χ4v) is 1.18. The smallest absolute Gasteiger partial charge is 0.0254 e. The third kappa shape index (κ3) is 1.71. The van der Waals surface area contributed by atoms with Gasteiger partial charge in [0.1, 0.15) is 0 Å². The summed E-state index contributed by atoms with van der Waals surface area (Å²) >= 11 is 0. The second kappa shape index (κ2) is 3.57. The summed E-state index contributed by atoms with van der Waals surface area (Å²) in [7, 11) is 0. The maximum Gasteiger partial charge on any atom is 0.0254 e. The number of nitrogens with two attached hydrogens (primary N) is 1. The molecular weight excluding hydrogens is 122 g/mol. The second-order valence-corrected chi connectivity index (χ2v) is 2.71. The summed E-state index contributed by atoms with van der Waals surface area (Å²) in [6.07, 6.45) is 9.82. The molecule has 1 nitrogen and oxygen atoms in total. The Morgan fingerprint density at radius 2 is 2.40 bits per heavy atom. The molecule has 0 aromatic carbocycles. The molecule has 0 amide bonds. The third-order valence-electron chi connectivity index (χ3n) is 1.95. The predicted octanol–water partition coefficient (Wildman–Crippen LogP) is 2.00. The zero-order valence-corrected chi connectivity index (χ0v) is 6.51. The average molecular weight is 137 g/mol. The molecule has 0 aliphatic heterocycles. The van der Waals surface area contributed by atoms with Crippen molar-refractivity contribution in [3.63, 3.8) is 0 Å². The Morgan fingerprint density at radius 1 is 1.60 bits per heavy atom. The highest BCUT2D eigenvalue weighted by atomic mass is 14.6. The molecule has 56 valence electrons. The molecule has 1 heteroatoms. The lowest BCUT2D eigenvalue weighted by Gasteiger charge is -2.14. The van der Waals surface area contributed by atoms with E-state index in [4.69, 9.17) is 5.73 Å². The van der Waals surface area contributed by atoms with E-state index in [0.29, 0.717) is 6.04 Å². The molecule has 0 saturated heterocycles. The normalized spacial score (nSPS) is 20.4. The highest BCUT2D eigenvalue weighted by Gasteiger charge is 2.05. The third-order valence-corrected chi connectivity index (χ3v) is 1.95. The summed E-state index contributed by atoms with van der Waals surface area (Å²) in [5.41, 5.74) is 7.25. The Kier molecular flexibility index (Phi) is 2.69. The Morgan fingerprint density at radius 3 is 2.90 bits per heavy atom.